The van der Waals surface area contributed by atoms with Crippen LogP contribution >= 0.6 is 0 Å². The molecule has 0 aromatic heterocycles. The second-order valence-electron chi connectivity index (χ2n) is 8.22. The maximum Gasteiger partial charge on any atom is 0.337 e. The lowest BCUT2D eigenvalue weighted by Crippen LogP contribution is -2.38. The highest BCUT2D eigenvalue weighted by molar-refractivity contribution is 6.08. The number of benzene rings is 1. The fourth-order valence-electron chi connectivity index (χ4n) is 4.66. The van der Waals surface area contributed by atoms with E-state index in [4.69, 9.17) is 14.2 Å². The van der Waals surface area contributed by atoms with Crippen molar-refractivity contribution >= 4 is 23.4 Å². The van der Waals surface area contributed by atoms with Crippen molar-refractivity contribution in [2.45, 2.75) is 51.0 Å². The zero-order valence-corrected chi connectivity index (χ0v) is 17.9. The molecule has 1 unspecified atom stereocenters. The molecule has 7 heteroatoms. The van der Waals surface area contributed by atoms with Crippen LogP contribution in [0.3, 0.4) is 0 Å². The van der Waals surface area contributed by atoms with Gasteiger partial charge in [0.25, 0.3) is 0 Å². The highest BCUT2D eigenvalue weighted by atomic mass is 16.6. The van der Waals surface area contributed by atoms with Crippen molar-refractivity contribution in [3.05, 3.63) is 46.7 Å². The predicted molar refractivity (Wildman–Crippen MR) is 113 cm³/mol. The molecule has 31 heavy (non-hydrogen) atoms. The number of esters is 2. The molecule has 1 aliphatic carbocycles. The summed E-state index contributed by atoms with van der Waals surface area (Å²) in [5.74, 6) is -1.98. The topological polar surface area (TPSA) is 91.3 Å². The van der Waals surface area contributed by atoms with E-state index in [0.29, 0.717) is 36.3 Å². The molecular formula is C24H27NO6. The summed E-state index contributed by atoms with van der Waals surface area (Å²) in [6.45, 7) is 2.71. The summed E-state index contributed by atoms with van der Waals surface area (Å²) in [6, 6.07) is 6.87. The number of nitrogens with zero attached hydrogens (tertiary/aromatic N) is 1. The first-order valence-electron chi connectivity index (χ1n) is 10.8. The molecule has 164 valence electrons. The van der Waals surface area contributed by atoms with E-state index in [0.717, 1.165) is 30.5 Å². The van der Waals surface area contributed by atoms with Crippen LogP contribution in [0.1, 0.15) is 60.9 Å². The summed E-state index contributed by atoms with van der Waals surface area (Å²) in [5.41, 5.74) is 3.20. The first-order valence-corrected chi connectivity index (χ1v) is 10.8. The van der Waals surface area contributed by atoms with Gasteiger partial charge in [-0.2, -0.15) is 0 Å². The van der Waals surface area contributed by atoms with Crippen LogP contribution in [-0.2, 0) is 23.8 Å². The van der Waals surface area contributed by atoms with Gasteiger partial charge in [0, 0.05) is 35.9 Å². The van der Waals surface area contributed by atoms with Crippen molar-refractivity contribution in [3.63, 3.8) is 0 Å². The molecule has 7 nitrogen and oxygen atoms in total. The van der Waals surface area contributed by atoms with Gasteiger partial charge in [-0.1, -0.05) is 12.1 Å². The largest absolute Gasteiger partial charge is 0.465 e. The third-order valence-electron chi connectivity index (χ3n) is 6.21. The van der Waals surface area contributed by atoms with E-state index < -0.39 is 23.8 Å². The fraction of sp³-hybridized carbons (Fsp3) is 0.500. The van der Waals surface area contributed by atoms with Crippen LogP contribution in [0.2, 0.25) is 0 Å². The Balaban J connectivity index is 1.67. The van der Waals surface area contributed by atoms with Crippen LogP contribution in [0.5, 0.6) is 0 Å². The lowest BCUT2D eigenvalue weighted by atomic mass is 9.71. The highest BCUT2D eigenvalue weighted by Crippen LogP contribution is 2.43. The van der Waals surface area contributed by atoms with Gasteiger partial charge in [0.2, 0.25) is 0 Å². The van der Waals surface area contributed by atoms with Gasteiger partial charge in [0.05, 0.1) is 18.8 Å². The summed E-state index contributed by atoms with van der Waals surface area (Å²) in [4.78, 5) is 42.6. The van der Waals surface area contributed by atoms with E-state index in [1.807, 2.05) is 6.92 Å². The van der Waals surface area contributed by atoms with Crippen LogP contribution < -0.4 is 0 Å². The first kappa shape index (κ1) is 21.4. The number of methoxy groups -OCH3 is 1. The van der Waals surface area contributed by atoms with Crippen LogP contribution in [0.4, 0.5) is 0 Å². The quantitative estimate of drug-likeness (QED) is 0.672. The number of hydrogen-bond donors (Lipinski definition) is 0. The number of ether oxygens (including phenoxy) is 3. The molecule has 0 N–H and O–H groups in total. The van der Waals surface area contributed by atoms with Crippen molar-refractivity contribution in [3.8, 4) is 0 Å². The van der Waals surface area contributed by atoms with Crippen molar-refractivity contribution in [1.82, 2.24) is 0 Å². The highest BCUT2D eigenvalue weighted by Gasteiger charge is 2.43. The Hall–Kier alpha value is -2.80. The first-order chi connectivity index (χ1) is 15.0. The van der Waals surface area contributed by atoms with Crippen LogP contribution in [-0.4, -0.2) is 49.9 Å². The van der Waals surface area contributed by atoms with Crippen LogP contribution in [0, 0.1) is 5.92 Å². The van der Waals surface area contributed by atoms with E-state index >= 15 is 0 Å². The molecule has 1 fully saturated rings. The maximum absolute atomic E-state index is 13.2. The van der Waals surface area contributed by atoms with E-state index in [2.05, 4.69) is 4.99 Å². The number of hydrogen-bond acceptors (Lipinski definition) is 7. The number of aliphatic imine (C=N–C) groups is 1. The van der Waals surface area contributed by atoms with Crippen molar-refractivity contribution in [1.29, 1.82) is 0 Å². The smallest absolute Gasteiger partial charge is 0.337 e. The molecule has 0 amide bonds. The Morgan fingerprint density at radius 2 is 1.94 bits per heavy atom. The zero-order chi connectivity index (χ0) is 22.0. The van der Waals surface area contributed by atoms with E-state index in [-0.39, 0.29) is 18.5 Å². The minimum atomic E-state index is -0.689. The Morgan fingerprint density at radius 3 is 2.61 bits per heavy atom. The molecule has 2 heterocycles. The van der Waals surface area contributed by atoms with Gasteiger partial charge < -0.3 is 14.2 Å². The molecule has 1 aromatic carbocycles. The molecule has 0 bridgehead atoms. The van der Waals surface area contributed by atoms with Gasteiger partial charge in [0.15, 0.2) is 5.78 Å². The van der Waals surface area contributed by atoms with Gasteiger partial charge >= 0.3 is 11.9 Å². The fourth-order valence-corrected chi connectivity index (χ4v) is 4.66. The van der Waals surface area contributed by atoms with Gasteiger partial charge in [-0.25, -0.2) is 4.79 Å². The summed E-state index contributed by atoms with van der Waals surface area (Å²) < 4.78 is 16.0. The van der Waals surface area contributed by atoms with E-state index in [9.17, 15) is 14.4 Å². The average Bonchev–Trinajstić information content (AvgIpc) is 3.30. The number of ketones is 1. The van der Waals surface area contributed by atoms with Crippen LogP contribution in [0.15, 0.2) is 40.5 Å². The lowest BCUT2D eigenvalue weighted by Gasteiger charge is -2.34. The molecule has 3 aliphatic rings. The second-order valence-corrected chi connectivity index (χ2v) is 8.22. The molecule has 0 radical (unpaired) electrons. The molecule has 2 aliphatic heterocycles. The number of carbonyl (C=O) groups excluding carboxylic acids is 3. The number of carbonyl (C=O) groups is 3. The SMILES string of the molecule is COC(=O)c1ccc([C@H]2C3=C(CCCC3=O)N=C(C)C2C(=O)OC[C@H]2CCCO2)cc1. The number of Topliss-reactive ketones (excluding diaryl/α,β-unsaturated/α-hetero) is 1. The Morgan fingerprint density at radius 1 is 1.16 bits per heavy atom. The van der Waals surface area contributed by atoms with E-state index in [1.54, 1.807) is 24.3 Å². The summed E-state index contributed by atoms with van der Waals surface area (Å²) >= 11 is 0. The van der Waals surface area contributed by atoms with Crippen molar-refractivity contribution in [2.75, 3.05) is 20.3 Å². The monoisotopic (exact) mass is 425 g/mol. The van der Waals surface area contributed by atoms with E-state index in [1.165, 1.54) is 7.11 Å². The molecule has 1 saturated heterocycles. The van der Waals surface area contributed by atoms with Crippen molar-refractivity contribution < 1.29 is 28.6 Å². The maximum atomic E-state index is 13.2. The number of allylic oxidation sites excluding steroid dienone is 2. The molecule has 0 saturated carbocycles. The van der Waals surface area contributed by atoms with Gasteiger partial charge in [-0.15, -0.1) is 0 Å². The molecule has 4 rings (SSSR count). The normalized spacial score (nSPS) is 25.7. The Kier molecular flexibility index (Phi) is 6.32. The zero-order valence-electron chi connectivity index (χ0n) is 17.9. The third-order valence-corrected chi connectivity index (χ3v) is 6.21. The summed E-state index contributed by atoms with van der Waals surface area (Å²) in [5, 5.41) is 0. The molecular weight excluding hydrogens is 398 g/mol. The lowest BCUT2D eigenvalue weighted by molar-refractivity contribution is -0.149. The predicted octanol–water partition coefficient (Wildman–Crippen LogP) is 3.38. The summed E-state index contributed by atoms with van der Waals surface area (Å²) in [7, 11) is 1.33. The Labute approximate surface area is 181 Å². The molecule has 1 aromatic rings. The standard InChI is InChI=1S/C24H27NO6/c1-14-20(24(28)31-13-17-5-4-12-30-17)21(22-18(25-14)6-3-7-19(22)26)15-8-10-16(11-9-15)23(27)29-2/h8-11,17,20-21H,3-7,12-13H2,1-2H3/t17-,20?,21-/m1/s1. The Bertz CT molecular complexity index is 939. The molecule has 3 atom stereocenters. The minimum absolute atomic E-state index is 0.0245. The number of rotatable bonds is 5. The van der Waals surface area contributed by atoms with Crippen LogP contribution in [0.25, 0.3) is 0 Å². The summed E-state index contributed by atoms with van der Waals surface area (Å²) in [6.07, 6.45) is 3.68. The third kappa shape index (κ3) is 4.32. The molecule has 0 spiro atoms. The van der Waals surface area contributed by atoms with Gasteiger partial charge in [0.1, 0.15) is 12.5 Å². The van der Waals surface area contributed by atoms with Crippen molar-refractivity contribution in [2.24, 2.45) is 10.9 Å². The second kappa shape index (κ2) is 9.14. The average molecular weight is 425 g/mol. The van der Waals surface area contributed by atoms with Gasteiger partial charge in [-0.3, -0.25) is 14.6 Å². The minimum Gasteiger partial charge on any atom is -0.465 e. The van der Waals surface area contributed by atoms with Gasteiger partial charge in [-0.05, 0) is 50.3 Å².